The summed E-state index contributed by atoms with van der Waals surface area (Å²) in [5.74, 6) is 0.935. The molecule has 2 heterocycles. The maximum atomic E-state index is 6.34. The first-order valence-corrected chi connectivity index (χ1v) is 9.63. The van der Waals surface area contributed by atoms with E-state index in [1.807, 2.05) is 31.1 Å². The molecule has 1 aromatic carbocycles. The van der Waals surface area contributed by atoms with Crippen molar-refractivity contribution < 1.29 is 4.74 Å². The molecule has 0 unspecified atom stereocenters. The second-order valence-corrected chi connectivity index (χ2v) is 7.96. The number of aromatic nitrogens is 1. The number of halogens is 1. The second kappa shape index (κ2) is 7.81. The van der Waals surface area contributed by atoms with Gasteiger partial charge in [-0.15, -0.1) is 0 Å². The smallest absolute Gasteiger partial charge is 0.186 e. The van der Waals surface area contributed by atoms with Crippen LogP contribution in [0.4, 0.5) is 10.8 Å². The highest BCUT2D eigenvalue weighted by Crippen LogP contribution is 2.32. The summed E-state index contributed by atoms with van der Waals surface area (Å²) in [7, 11) is 5.72. The van der Waals surface area contributed by atoms with E-state index >= 15 is 0 Å². The lowest BCUT2D eigenvalue weighted by Crippen LogP contribution is -2.51. The monoisotopic (exact) mass is 380 g/mol. The van der Waals surface area contributed by atoms with Crippen LogP contribution < -0.4 is 14.5 Å². The van der Waals surface area contributed by atoms with Crippen molar-refractivity contribution in [1.82, 2.24) is 9.88 Å². The van der Waals surface area contributed by atoms with Gasteiger partial charge in [0.05, 0.1) is 17.7 Å². The lowest BCUT2D eigenvalue weighted by molar-refractivity contribution is 0.182. The highest BCUT2D eigenvalue weighted by Gasteiger charge is 2.26. The minimum absolute atomic E-state index is 0.430. The number of hydrogen-bond acceptors (Lipinski definition) is 6. The number of hydrogen-bond donors (Lipinski definition) is 0. The van der Waals surface area contributed by atoms with Gasteiger partial charge in [0.1, 0.15) is 10.9 Å². The first-order valence-electron chi connectivity index (χ1n) is 8.44. The van der Waals surface area contributed by atoms with Crippen LogP contribution in [0.3, 0.4) is 0 Å². The Hall–Kier alpha value is -1.50. The third-order valence-electron chi connectivity index (χ3n) is 4.56. The van der Waals surface area contributed by atoms with Gasteiger partial charge < -0.3 is 14.5 Å². The normalized spacial score (nSPS) is 18.4. The van der Waals surface area contributed by atoms with E-state index in [1.54, 1.807) is 18.4 Å². The molecule has 25 heavy (non-hydrogen) atoms. The minimum atomic E-state index is 0.430. The molecular weight excluding hydrogens is 356 g/mol. The van der Waals surface area contributed by atoms with Gasteiger partial charge in [0.2, 0.25) is 0 Å². The molecule has 1 saturated heterocycles. The quantitative estimate of drug-likeness (QED) is 0.791. The molecule has 0 saturated carbocycles. The molecule has 1 fully saturated rings. The van der Waals surface area contributed by atoms with E-state index in [2.05, 4.69) is 33.8 Å². The van der Waals surface area contributed by atoms with Gasteiger partial charge in [0.15, 0.2) is 5.13 Å². The summed E-state index contributed by atoms with van der Waals surface area (Å²) in [6, 6.07) is 8.65. The molecule has 1 atom stereocenters. The van der Waals surface area contributed by atoms with Gasteiger partial charge in [-0.05, 0) is 19.1 Å². The van der Waals surface area contributed by atoms with Crippen molar-refractivity contribution in [2.75, 3.05) is 50.6 Å². The predicted octanol–water partition coefficient (Wildman–Crippen LogP) is 3.58. The van der Waals surface area contributed by atoms with E-state index in [4.69, 9.17) is 16.3 Å². The Balaban J connectivity index is 1.68. The van der Waals surface area contributed by atoms with Gasteiger partial charge in [0.25, 0.3) is 0 Å². The third kappa shape index (κ3) is 4.02. The lowest BCUT2D eigenvalue weighted by Gasteiger charge is -2.41. The van der Waals surface area contributed by atoms with Crippen molar-refractivity contribution in [1.29, 1.82) is 0 Å². The van der Waals surface area contributed by atoms with E-state index in [1.165, 1.54) is 5.69 Å². The molecule has 2 aromatic rings. The molecular formula is C18H25ClN4OS. The number of ether oxygens (including phenoxy) is 1. The molecule has 0 amide bonds. The largest absolute Gasteiger partial charge is 0.495 e. The van der Waals surface area contributed by atoms with E-state index in [0.717, 1.165) is 41.9 Å². The van der Waals surface area contributed by atoms with Gasteiger partial charge in [-0.2, -0.15) is 0 Å². The topological polar surface area (TPSA) is 31.8 Å². The number of piperazine rings is 1. The summed E-state index contributed by atoms with van der Waals surface area (Å²) in [6.07, 6.45) is 0. The summed E-state index contributed by atoms with van der Waals surface area (Å²) in [6.45, 7) is 6.05. The predicted molar refractivity (Wildman–Crippen MR) is 107 cm³/mol. The number of nitrogens with zero attached hydrogens (tertiary/aromatic N) is 4. The molecule has 7 heteroatoms. The van der Waals surface area contributed by atoms with E-state index < -0.39 is 0 Å². The van der Waals surface area contributed by atoms with Crippen molar-refractivity contribution in [2.24, 2.45) is 0 Å². The van der Waals surface area contributed by atoms with E-state index in [0.29, 0.717) is 11.2 Å². The summed E-state index contributed by atoms with van der Waals surface area (Å²) in [5.41, 5.74) is 1.17. The van der Waals surface area contributed by atoms with Crippen LogP contribution in [0.1, 0.15) is 11.8 Å². The highest BCUT2D eigenvalue weighted by molar-refractivity contribution is 7.16. The lowest BCUT2D eigenvalue weighted by atomic mass is 10.1. The average Bonchev–Trinajstić information content (AvgIpc) is 2.97. The minimum Gasteiger partial charge on any atom is -0.495 e. The van der Waals surface area contributed by atoms with Crippen molar-refractivity contribution >= 4 is 33.8 Å². The molecule has 0 spiro atoms. The van der Waals surface area contributed by atoms with Crippen LogP contribution in [0.2, 0.25) is 5.15 Å². The van der Waals surface area contributed by atoms with Crippen LogP contribution in [0.25, 0.3) is 0 Å². The van der Waals surface area contributed by atoms with Gasteiger partial charge >= 0.3 is 0 Å². The number of methoxy groups -OCH3 is 1. The zero-order valence-corrected chi connectivity index (χ0v) is 16.8. The maximum absolute atomic E-state index is 6.34. The molecule has 136 valence electrons. The number of rotatable bonds is 5. The summed E-state index contributed by atoms with van der Waals surface area (Å²) < 4.78 is 5.51. The van der Waals surface area contributed by atoms with Crippen LogP contribution in [0.15, 0.2) is 24.3 Å². The Morgan fingerprint density at radius 2 is 2.08 bits per heavy atom. The molecule has 0 bridgehead atoms. The van der Waals surface area contributed by atoms with Gasteiger partial charge in [-0.25, -0.2) is 4.98 Å². The van der Waals surface area contributed by atoms with E-state index in [9.17, 15) is 0 Å². The van der Waals surface area contributed by atoms with Crippen molar-refractivity contribution in [2.45, 2.75) is 19.5 Å². The fourth-order valence-electron chi connectivity index (χ4n) is 3.13. The number of benzene rings is 1. The third-order valence-corrected chi connectivity index (χ3v) is 6.19. The first-order chi connectivity index (χ1) is 12.0. The molecule has 0 N–H and O–H groups in total. The fourth-order valence-corrected chi connectivity index (χ4v) is 4.34. The Morgan fingerprint density at radius 1 is 1.32 bits per heavy atom. The Kier molecular flexibility index (Phi) is 5.71. The van der Waals surface area contributed by atoms with Crippen LogP contribution in [-0.4, -0.2) is 56.8 Å². The fraction of sp³-hybridized carbons (Fsp3) is 0.500. The molecule has 3 rings (SSSR count). The Morgan fingerprint density at radius 3 is 2.72 bits per heavy atom. The summed E-state index contributed by atoms with van der Waals surface area (Å²) in [5, 5.41) is 1.59. The Bertz CT molecular complexity index is 721. The molecule has 0 radical (unpaired) electrons. The zero-order valence-electron chi connectivity index (χ0n) is 15.2. The van der Waals surface area contributed by atoms with Crippen LogP contribution >= 0.6 is 22.9 Å². The molecule has 1 aromatic heterocycles. The van der Waals surface area contributed by atoms with Crippen molar-refractivity contribution in [3.8, 4) is 5.75 Å². The first kappa shape index (κ1) is 18.3. The van der Waals surface area contributed by atoms with E-state index in [-0.39, 0.29) is 0 Å². The Labute approximate surface area is 158 Å². The van der Waals surface area contributed by atoms with Gasteiger partial charge in [-0.1, -0.05) is 35.1 Å². The number of anilines is 2. The van der Waals surface area contributed by atoms with Gasteiger partial charge in [-0.3, -0.25) is 4.90 Å². The van der Waals surface area contributed by atoms with Crippen molar-refractivity contribution in [3.63, 3.8) is 0 Å². The molecule has 0 aliphatic carbocycles. The second-order valence-electron chi connectivity index (χ2n) is 6.54. The maximum Gasteiger partial charge on any atom is 0.186 e. The zero-order chi connectivity index (χ0) is 18.0. The molecule has 5 nitrogen and oxygen atoms in total. The SMILES string of the molecule is COc1ccccc1N1CCN(Cc2sc(N(C)C)nc2Cl)[C@@H](C)C1. The number of thiazole rings is 1. The van der Waals surface area contributed by atoms with Crippen LogP contribution in [0, 0.1) is 0 Å². The van der Waals surface area contributed by atoms with Crippen LogP contribution in [-0.2, 0) is 6.54 Å². The standard InChI is InChI=1S/C18H25ClN4OS/c1-13-11-23(14-7-5-6-8-15(14)24-4)10-9-22(13)12-16-17(19)20-18(25-16)21(2)3/h5-8,13H,9-12H2,1-4H3/t13-/m0/s1. The van der Waals surface area contributed by atoms with Gasteiger partial charge in [0, 0.05) is 46.3 Å². The molecule has 1 aliphatic heterocycles. The summed E-state index contributed by atoms with van der Waals surface area (Å²) in [4.78, 5) is 12.5. The molecule has 1 aliphatic rings. The average molecular weight is 381 g/mol. The van der Waals surface area contributed by atoms with Crippen LogP contribution in [0.5, 0.6) is 5.75 Å². The highest BCUT2D eigenvalue weighted by atomic mass is 35.5. The summed E-state index contributed by atoms with van der Waals surface area (Å²) >= 11 is 8.01. The van der Waals surface area contributed by atoms with Crippen molar-refractivity contribution in [3.05, 3.63) is 34.3 Å². The number of para-hydroxylation sites is 2.